The van der Waals surface area contributed by atoms with E-state index in [1.165, 1.54) is 5.56 Å². The molecule has 0 unspecified atom stereocenters. The fourth-order valence-electron chi connectivity index (χ4n) is 1.30. The second kappa shape index (κ2) is 2.85. The predicted octanol–water partition coefficient (Wildman–Crippen LogP) is 1.80. The Morgan fingerprint density at radius 2 is 2.08 bits per heavy atom. The molecule has 0 bridgehead atoms. The van der Waals surface area contributed by atoms with E-state index in [2.05, 4.69) is 5.16 Å². The third-order valence-corrected chi connectivity index (χ3v) is 1.92. The minimum Gasteiger partial charge on any atom is -0.439 e. The Kier molecular flexibility index (Phi) is 1.70. The van der Waals surface area contributed by atoms with Gasteiger partial charge >= 0.3 is 0 Å². The van der Waals surface area contributed by atoms with Crippen molar-refractivity contribution in [3.05, 3.63) is 29.8 Å². The molecule has 2 rings (SSSR count). The minimum absolute atomic E-state index is 0.397. The zero-order valence-corrected chi connectivity index (χ0v) is 6.53. The predicted molar refractivity (Wildman–Crippen MR) is 44.6 cm³/mol. The lowest BCUT2D eigenvalue weighted by Gasteiger charge is -2.16. The molecule has 1 heterocycles. The molecule has 0 radical (unpaired) electrons. The summed E-state index contributed by atoms with van der Waals surface area (Å²) in [5.41, 5.74) is 1.17. The smallest absolute Gasteiger partial charge is 0.231 e. The molecule has 1 aliphatic rings. The molecule has 1 aliphatic heterocycles. The number of oxime groups is 1. The number of benzene rings is 1. The molecule has 0 amide bonds. The van der Waals surface area contributed by atoms with E-state index in [-0.39, 0.29) is 0 Å². The van der Waals surface area contributed by atoms with Gasteiger partial charge in [0.05, 0.1) is 0 Å². The van der Waals surface area contributed by atoms with E-state index in [0.29, 0.717) is 12.3 Å². The SMILES string of the molecule is ON=C1CCc2ccccc2O1. The first-order valence-corrected chi connectivity index (χ1v) is 3.87. The second-order valence-corrected chi connectivity index (χ2v) is 2.70. The van der Waals surface area contributed by atoms with Gasteiger partial charge in [0.15, 0.2) is 0 Å². The lowest BCUT2D eigenvalue weighted by Crippen LogP contribution is -2.15. The summed E-state index contributed by atoms with van der Waals surface area (Å²) in [5.74, 6) is 1.20. The molecule has 0 aromatic heterocycles. The highest BCUT2D eigenvalue weighted by atomic mass is 16.5. The van der Waals surface area contributed by atoms with Gasteiger partial charge in [0.1, 0.15) is 5.75 Å². The van der Waals surface area contributed by atoms with Crippen molar-refractivity contribution < 1.29 is 9.94 Å². The highest BCUT2D eigenvalue weighted by Crippen LogP contribution is 2.24. The number of aryl methyl sites for hydroxylation is 1. The van der Waals surface area contributed by atoms with E-state index in [9.17, 15) is 0 Å². The standard InChI is InChI=1S/C9H9NO2/c11-10-9-6-5-7-3-1-2-4-8(7)12-9/h1-4,11H,5-6H2. The number of para-hydroxylation sites is 1. The zero-order valence-electron chi connectivity index (χ0n) is 6.53. The van der Waals surface area contributed by atoms with Crippen LogP contribution < -0.4 is 4.74 Å². The molecule has 0 atom stereocenters. The Bertz CT molecular complexity index is 320. The Morgan fingerprint density at radius 3 is 2.92 bits per heavy atom. The molecule has 0 saturated carbocycles. The maximum Gasteiger partial charge on any atom is 0.231 e. The Morgan fingerprint density at radius 1 is 1.25 bits per heavy atom. The number of nitrogens with zero attached hydrogens (tertiary/aromatic N) is 1. The highest BCUT2D eigenvalue weighted by Gasteiger charge is 2.14. The van der Waals surface area contributed by atoms with Crippen LogP contribution in [0.25, 0.3) is 0 Å². The van der Waals surface area contributed by atoms with E-state index in [1.54, 1.807) is 0 Å². The summed E-state index contributed by atoms with van der Waals surface area (Å²) in [6.45, 7) is 0. The molecule has 1 N–H and O–H groups in total. The normalized spacial score (nSPS) is 18.5. The van der Waals surface area contributed by atoms with E-state index in [1.807, 2.05) is 24.3 Å². The van der Waals surface area contributed by atoms with Crippen molar-refractivity contribution in [2.24, 2.45) is 5.16 Å². The molecule has 1 aromatic rings. The van der Waals surface area contributed by atoms with Gasteiger partial charge in [0.2, 0.25) is 5.90 Å². The molecule has 0 spiro atoms. The van der Waals surface area contributed by atoms with Crippen LogP contribution in [-0.4, -0.2) is 11.1 Å². The number of hydrogen-bond donors (Lipinski definition) is 1. The van der Waals surface area contributed by atoms with Crippen LogP contribution in [0, 0.1) is 0 Å². The Labute approximate surface area is 70.3 Å². The van der Waals surface area contributed by atoms with Crippen molar-refractivity contribution in [3.8, 4) is 5.75 Å². The van der Waals surface area contributed by atoms with Crippen LogP contribution in [0.2, 0.25) is 0 Å². The summed E-state index contributed by atoms with van der Waals surface area (Å²) in [4.78, 5) is 0. The van der Waals surface area contributed by atoms with Crippen LogP contribution in [-0.2, 0) is 6.42 Å². The maximum atomic E-state index is 8.48. The third-order valence-electron chi connectivity index (χ3n) is 1.92. The number of fused-ring (bicyclic) bond motifs is 1. The quantitative estimate of drug-likeness (QED) is 0.468. The van der Waals surface area contributed by atoms with Crippen molar-refractivity contribution in [2.75, 3.05) is 0 Å². The van der Waals surface area contributed by atoms with Gasteiger partial charge in [-0.05, 0) is 18.1 Å². The number of ether oxygens (including phenoxy) is 1. The van der Waals surface area contributed by atoms with Crippen molar-refractivity contribution in [3.63, 3.8) is 0 Å². The fraction of sp³-hybridized carbons (Fsp3) is 0.222. The summed E-state index contributed by atoms with van der Waals surface area (Å²) in [6.07, 6.45) is 1.56. The van der Waals surface area contributed by atoms with Gasteiger partial charge in [-0.15, -0.1) is 0 Å². The molecule has 3 nitrogen and oxygen atoms in total. The van der Waals surface area contributed by atoms with Crippen molar-refractivity contribution in [1.29, 1.82) is 0 Å². The first-order chi connectivity index (χ1) is 5.90. The fourth-order valence-corrected chi connectivity index (χ4v) is 1.30. The van der Waals surface area contributed by atoms with Crippen LogP contribution in [0.4, 0.5) is 0 Å². The van der Waals surface area contributed by atoms with Crippen molar-refractivity contribution >= 4 is 5.90 Å². The summed E-state index contributed by atoms with van der Waals surface area (Å²) in [5, 5.41) is 11.5. The Balaban J connectivity index is 2.35. The first-order valence-electron chi connectivity index (χ1n) is 3.87. The zero-order chi connectivity index (χ0) is 8.39. The highest BCUT2D eigenvalue weighted by molar-refractivity contribution is 5.80. The third kappa shape index (κ3) is 1.13. The minimum atomic E-state index is 0.397. The van der Waals surface area contributed by atoms with Crippen LogP contribution in [0.15, 0.2) is 29.4 Å². The topological polar surface area (TPSA) is 41.8 Å². The van der Waals surface area contributed by atoms with E-state index >= 15 is 0 Å². The summed E-state index contributed by atoms with van der Waals surface area (Å²) in [6, 6.07) is 7.77. The average molecular weight is 163 g/mol. The van der Waals surface area contributed by atoms with Crippen molar-refractivity contribution in [1.82, 2.24) is 0 Å². The largest absolute Gasteiger partial charge is 0.439 e. The molecule has 3 heteroatoms. The molecule has 62 valence electrons. The van der Waals surface area contributed by atoms with Gasteiger partial charge in [-0.2, -0.15) is 0 Å². The van der Waals surface area contributed by atoms with Crippen LogP contribution in [0.5, 0.6) is 5.75 Å². The maximum absolute atomic E-state index is 8.48. The molecular weight excluding hydrogens is 154 g/mol. The molecule has 0 fully saturated rings. The van der Waals surface area contributed by atoms with Gasteiger partial charge in [0, 0.05) is 6.42 Å². The van der Waals surface area contributed by atoms with Gasteiger partial charge in [-0.1, -0.05) is 23.4 Å². The Hall–Kier alpha value is -1.51. The number of hydrogen-bond acceptors (Lipinski definition) is 3. The van der Waals surface area contributed by atoms with Crippen molar-refractivity contribution in [2.45, 2.75) is 12.8 Å². The van der Waals surface area contributed by atoms with Gasteiger partial charge < -0.3 is 9.94 Å². The lowest BCUT2D eigenvalue weighted by atomic mass is 10.1. The first kappa shape index (κ1) is 7.16. The lowest BCUT2D eigenvalue weighted by molar-refractivity contribution is 0.298. The molecule has 0 aliphatic carbocycles. The van der Waals surface area contributed by atoms with Crippen LogP contribution in [0.1, 0.15) is 12.0 Å². The van der Waals surface area contributed by atoms with Gasteiger partial charge in [-0.25, -0.2) is 0 Å². The molecular formula is C9H9NO2. The second-order valence-electron chi connectivity index (χ2n) is 2.70. The van der Waals surface area contributed by atoms with E-state index in [0.717, 1.165) is 12.2 Å². The van der Waals surface area contributed by atoms with Crippen LogP contribution >= 0.6 is 0 Å². The molecule has 0 saturated heterocycles. The van der Waals surface area contributed by atoms with Gasteiger partial charge in [0.25, 0.3) is 0 Å². The molecule has 1 aromatic carbocycles. The monoisotopic (exact) mass is 163 g/mol. The summed E-state index contributed by atoms with van der Waals surface area (Å²) >= 11 is 0. The molecule has 12 heavy (non-hydrogen) atoms. The average Bonchev–Trinajstić information content (AvgIpc) is 2.17. The summed E-state index contributed by atoms with van der Waals surface area (Å²) in [7, 11) is 0. The van der Waals surface area contributed by atoms with E-state index in [4.69, 9.17) is 9.94 Å². The van der Waals surface area contributed by atoms with Crippen LogP contribution in [0.3, 0.4) is 0 Å². The van der Waals surface area contributed by atoms with E-state index < -0.39 is 0 Å². The summed E-state index contributed by atoms with van der Waals surface area (Å²) < 4.78 is 5.28. The van der Waals surface area contributed by atoms with Gasteiger partial charge in [-0.3, -0.25) is 0 Å². The number of rotatable bonds is 0.